The van der Waals surface area contributed by atoms with Gasteiger partial charge in [0, 0.05) is 12.6 Å². The van der Waals surface area contributed by atoms with Gasteiger partial charge in [-0.1, -0.05) is 12.1 Å². The lowest BCUT2D eigenvalue weighted by Crippen LogP contribution is -2.24. The third kappa shape index (κ3) is 4.38. The molecule has 4 nitrogen and oxygen atoms in total. The summed E-state index contributed by atoms with van der Waals surface area (Å²) >= 11 is 0. The summed E-state index contributed by atoms with van der Waals surface area (Å²) in [5.74, 6) is -0.594. The highest BCUT2D eigenvalue weighted by atomic mass is 32.2. The second-order valence-corrected chi connectivity index (χ2v) is 4.93. The predicted molar refractivity (Wildman–Crippen MR) is 58.5 cm³/mol. The number of nitrogens with one attached hydrogen (secondary N) is 1. The molecule has 0 atom stereocenters. The Balaban J connectivity index is 2.98. The van der Waals surface area contributed by atoms with Gasteiger partial charge < -0.3 is 4.74 Å². The zero-order chi connectivity index (χ0) is 13.8. The van der Waals surface area contributed by atoms with E-state index in [2.05, 4.69) is 16.0 Å². The fourth-order valence-electron chi connectivity index (χ4n) is 1.09. The van der Waals surface area contributed by atoms with E-state index >= 15 is 0 Å². The third-order valence-corrected chi connectivity index (χ3v) is 3.19. The summed E-state index contributed by atoms with van der Waals surface area (Å²) in [4.78, 5) is -0.314. The zero-order valence-electron chi connectivity index (χ0n) is 9.07. The topological polar surface area (TPSA) is 55.4 Å². The highest BCUT2D eigenvalue weighted by Gasteiger charge is 2.31. The minimum atomic E-state index is -4.86. The molecular formula is C10H10F3NO3S. The van der Waals surface area contributed by atoms with Crippen LogP contribution in [0.15, 0.2) is 41.8 Å². The van der Waals surface area contributed by atoms with E-state index in [1.807, 2.05) is 0 Å². The molecule has 0 aliphatic heterocycles. The van der Waals surface area contributed by atoms with Gasteiger partial charge in [-0.2, -0.15) is 0 Å². The van der Waals surface area contributed by atoms with Crippen LogP contribution in [0.3, 0.4) is 0 Å². The van der Waals surface area contributed by atoms with Crippen LogP contribution in [0.4, 0.5) is 13.2 Å². The van der Waals surface area contributed by atoms with Crippen molar-refractivity contribution in [2.75, 3.05) is 6.54 Å². The molecule has 0 fully saturated rings. The Morgan fingerprint density at radius 2 is 2.06 bits per heavy atom. The molecule has 0 unspecified atom stereocenters. The van der Waals surface area contributed by atoms with Crippen LogP contribution in [0, 0.1) is 0 Å². The quantitative estimate of drug-likeness (QED) is 0.840. The average Bonchev–Trinajstić information content (AvgIpc) is 2.24. The molecule has 0 aromatic heterocycles. The molecule has 18 heavy (non-hydrogen) atoms. The number of halogens is 3. The molecule has 0 aliphatic carbocycles. The minimum absolute atomic E-state index is 0.0211. The monoisotopic (exact) mass is 281 g/mol. The van der Waals surface area contributed by atoms with Gasteiger partial charge in [-0.15, -0.1) is 19.8 Å². The van der Waals surface area contributed by atoms with E-state index in [4.69, 9.17) is 0 Å². The second-order valence-electron chi connectivity index (χ2n) is 3.16. The Morgan fingerprint density at radius 1 is 1.39 bits per heavy atom. The van der Waals surface area contributed by atoms with Gasteiger partial charge in [-0.05, 0) is 12.1 Å². The number of benzene rings is 1. The van der Waals surface area contributed by atoms with Crippen LogP contribution in [0.1, 0.15) is 0 Å². The van der Waals surface area contributed by atoms with Gasteiger partial charge in [0.15, 0.2) is 0 Å². The van der Waals surface area contributed by atoms with Gasteiger partial charge in [0.2, 0.25) is 10.0 Å². The predicted octanol–water partition coefficient (Wildman–Crippen LogP) is 2.05. The third-order valence-electron chi connectivity index (χ3n) is 1.77. The lowest BCUT2D eigenvalue weighted by molar-refractivity contribution is -0.274. The largest absolute Gasteiger partial charge is 0.573 e. The maximum atomic E-state index is 12.0. The van der Waals surface area contributed by atoms with Crippen molar-refractivity contribution in [1.29, 1.82) is 0 Å². The number of sulfonamides is 1. The summed E-state index contributed by atoms with van der Waals surface area (Å²) in [6, 6.07) is 4.12. The van der Waals surface area contributed by atoms with E-state index in [0.29, 0.717) is 0 Å². The van der Waals surface area contributed by atoms with Crippen LogP contribution in [0.25, 0.3) is 0 Å². The summed E-state index contributed by atoms with van der Waals surface area (Å²) in [6.07, 6.45) is -3.55. The Labute approximate surface area is 102 Å². The molecule has 0 amide bonds. The van der Waals surface area contributed by atoms with E-state index < -0.39 is 22.1 Å². The summed E-state index contributed by atoms with van der Waals surface area (Å²) in [6.45, 7) is 3.30. The molecule has 100 valence electrons. The fraction of sp³-hybridized carbons (Fsp3) is 0.200. The molecule has 1 rings (SSSR count). The second kappa shape index (κ2) is 5.40. The number of rotatable bonds is 5. The molecule has 0 spiro atoms. The highest BCUT2D eigenvalue weighted by Crippen LogP contribution is 2.24. The summed E-state index contributed by atoms with van der Waals surface area (Å²) < 4.78 is 64.9. The van der Waals surface area contributed by atoms with Gasteiger partial charge in [0.05, 0.1) is 4.90 Å². The first-order valence-electron chi connectivity index (χ1n) is 4.71. The van der Waals surface area contributed by atoms with Crippen LogP contribution in [0.5, 0.6) is 5.75 Å². The molecule has 1 N–H and O–H groups in total. The minimum Gasteiger partial charge on any atom is -0.406 e. The normalized spacial score (nSPS) is 12.2. The number of hydrogen-bond acceptors (Lipinski definition) is 3. The van der Waals surface area contributed by atoms with Crippen molar-refractivity contribution in [3.8, 4) is 5.75 Å². The van der Waals surface area contributed by atoms with Crippen molar-refractivity contribution in [2.45, 2.75) is 11.3 Å². The molecule has 0 radical (unpaired) electrons. The maximum absolute atomic E-state index is 12.0. The zero-order valence-corrected chi connectivity index (χ0v) is 9.88. The van der Waals surface area contributed by atoms with E-state index in [9.17, 15) is 21.6 Å². The van der Waals surface area contributed by atoms with E-state index in [0.717, 1.165) is 24.3 Å². The van der Waals surface area contributed by atoms with Gasteiger partial charge in [0.25, 0.3) is 0 Å². The van der Waals surface area contributed by atoms with E-state index in [1.165, 1.54) is 6.08 Å². The summed E-state index contributed by atoms with van der Waals surface area (Å²) in [5.41, 5.74) is 0. The average molecular weight is 281 g/mol. The SMILES string of the molecule is C=CCNS(=O)(=O)c1cccc(OC(F)(F)F)c1. The van der Waals surface area contributed by atoms with Crippen LogP contribution in [-0.2, 0) is 10.0 Å². The van der Waals surface area contributed by atoms with Crippen molar-refractivity contribution < 1.29 is 26.3 Å². The van der Waals surface area contributed by atoms with Crippen molar-refractivity contribution in [3.63, 3.8) is 0 Å². The van der Waals surface area contributed by atoms with Crippen LogP contribution >= 0.6 is 0 Å². The number of alkyl halides is 3. The smallest absolute Gasteiger partial charge is 0.406 e. The standard InChI is InChI=1S/C10H10F3NO3S/c1-2-6-14-18(15,16)9-5-3-4-8(7-9)17-10(11,12)13/h2-5,7,14H,1,6H2. The van der Waals surface area contributed by atoms with Crippen molar-refractivity contribution in [3.05, 3.63) is 36.9 Å². The van der Waals surface area contributed by atoms with E-state index in [-0.39, 0.29) is 11.4 Å². The molecule has 0 bridgehead atoms. The molecular weight excluding hydrogens is 271 g/mol. The molecule has 0 saturated carbocycles. The van der Waals surface area contributed by atoms with Crippen LogP contribution < -0.4 is 9.46 Å². The molecule has 0 aliphatic rings. The summed E-state index contributed by atoms with van der Waals surface area (Å²) in [5, 5.41) is 0. The lowest BCUT2D eigenvalue weighted by Gasteiger charge is -2.10. The van der Waals surface area contributed by atoms with Gasteiger partial charge in [-0.25, -0.2) is 13.1 Å². The Kier molecular flexibility index (Phi) is 4.36. The molecule has 0 saturated heterocycles. The van der Waals surface area contributed by atoms with Crippen LogP contribution in [0.2, 0.25) is 0 Å². The molecule has 1 aromatic rings. The Hall–Kier alpha value is -1.54. The van der Waals surface area contributed by atoms with Crippen molar-refractivity contribution in [1.82, 2.24) is 4.72 Å². The molecule has 1 aromatic carbocycles. The van der Waals surface area contributed by atoms with Crippen LogP contribution in [-0.4, -0.2) is 21.3 Å². The van der Waals surface area contributed by atoms with Gasteiger partial charge in [0.1, 0.15) is 5.75 Å². The first-order chi connectivity index (χ1) is 8.24. The van der Waals surface area contributed by atoms with Gasteiger partial charge in [-0.3, -0.25) is 0 Å². The van der Waals surface area contributed by atoms with Crippen molar-refractivity contribution >= 4 is 10.0 Å². The Morgan fingerprint density at radius 3 is 2.61 bits per heavy atom. The fourth-order valence-corrected chi connectivity index (χ4v) is 2.12. The first-order valence-corrected chi connectivity index (χ1v) is 6.19. The van der Waals surface area contributed by atoms with Crippen molar-refractivity contribution in [2.24, 2.45) is 0 Å². The maximum Gasteiger partial charge on any atom is 0.573 e. The number of hydrogen-bond donors (Lipinski definition) is 1. The van der Waals surface area contributed by atoms with Gasteiger partial charge >= 0.3 is 6.36 Å². The summed E-state index contributed by atoms with van der Waals surface area (Å²) in [7, 11) is -3.87. The lowest BCUT2D eigenvalue weighted by atomic mass is 10.3. The van der Waals surface area contributed by atoms with E-state index in [1.54, 1.807) is 0 Å². The molecule has 8 heteroatoms. The Bertz CT molecular complexity index is 525. The first kappa shape index (κ1) is 14.5. The number of ether oxygens (including phenoxy) is 1. The highest BCUT2D eigenvalue weighted by molar-refractivity contribution is 7.89. The molecule has 0 heterocycles.